The first-order valence-electron chi connectivity index (χ1n) is 7.60. The second-order valence-electron chi connectivity index (χ2n) is 5.85. The van der Waals surface area contributed by atoms with Crippen LogP contribution >= 0.6 is 0 Å². The van der Waals surface area contributed by atoms with Gasteiger partial charge in [0.05, 0.1) is 12.2 Å². The Morgan fingerprint density at radius 3 is 2.82 bits per heavy atom. The highest BCUT2D eigenvalue weighted by atomic mass is 16.5. The normalized spacial score (nSPS) is 22.0. The molecular weight excluding hydrogens is 280 g/mol. The van der Waals surface area contributed by atoms with Crippen LogP contribution in [0.5, 0.6) is 0 Å². The van der Waals surface area contributed by atoms with Crippen LogP contribution in [0.3, 0.4) is 0 Å². The lowest BCUT2D eigenvalue weighted by atomic mass is 9.80. The Labute approximate surface area is 129 Å². The molecule has 1 atom stereocenters. The summed E-state index contributed by atoms with van der Waals surface area (Å²) in [5.74, 6) is 0.0408. The molecular formula is C17H20N2O3. The maximum atomic E-state index is 11.9. The van der Waals surface area contributed by atoms with Crippen molar-refractivity contribution < 1.29 is 14.4 Å². The summed E-state index contributed by atoms with van der Waals surface area (Å²) < 4.78 is 5.31. The number of carboxylic acid groups (broad SMARTS) is 1. The molecule has 0 amide bonds. The van der Waals surface area contributed by atoms with Gasteiger partial charge in [0.25, 0.3) is 0 Å². The number of likely N-dealkylation sites (tertiary alicyclic amines) is 1. The van der Waals surface area contributed by atoms with Crippen LogP contribution in [0.15, 0.2) is 40.9 Å². The summed E-state index contributed by atoms with van der Waals surface area (Å²) in [5, 5.41) is 13.8. The van der Waals surface area contributed by atoms with Crippen LogP contribution in [0.2, 0.25) is 0 Å². The van der Waals surface area contributed by atoms with Crippen LogP contribution in [0.25, 0.3) is 0 Å². The van der Waals surface area contributed by atoms with Crippen molar-refractivity contribution in [3.05, 3.63) is 53.4 Å². The Balaban J connectivity index is 1.77. The van der Waals surface area contributed by atoms with Crippen LogP contribution in [-0.4, -0.2) is 34.2 Å². The molecule has 1 aliphatic heterocycles. The molecule has 0 radical (unpaired) electrons. The molecule has 1 aromatic heterocycles. The molecule has 2 heterocycles. The first-order chi connectivity index (χ1) is 10.6. The zero-order chi connectivity index (χ0) is 15.6. The van der Waals surface area contributed by atoms with E-state index in [2.05, 4.69) is 10.1 Å². The summed E-state index contributed by atoms with van der Waals surface area (Å²) >= 11 is 0. The minimum absolute atomic E-state index is 0.495. The van der Waals surface area contributed by atoms with E-state index in [1.54, 1.807) is 0 Å². The third-order valence-corrected chi connectivity index (χ3v) is 4.43. The number of aromatic nitrogens is 1. The smallest absolute Gasteiger partial charge is 0.315 e. The summed E-state index contributed by atoms with van der Waals surface area (Å²) in [6.45, 7) is 3.87. The largest absolute Gasteiger partial charge is 0.481 e. The van der Waals surface area contributed by atoms with E-state index in [-0.39, 0.29) is 0 Å². The SMILES string of the molecule is CCc1cc(CN2CCC(C(=O)O)(c3ccccc3)C2)on1. The van der Waals surface area contributed by atoms with Gasteiger partial charge in [-0.15, -0.1) is 0 Å². The van der Waals surface area contributed by atoms with Crippen molar-refractivity contribution >= 4 is 5.97 Å². The standard InChI is InChI=1S/C17H20N2O3/c1-2-14-10-15(22-18-14)11-19-9-8-17(12-19,16(20)21)13-6-4-3-5-7-13/h3-7,10H,2,8-9,11-12H2,1H3,(H,20,21). The molecule has 0 saturated carbocycles. The van der Waals surface area contributed by atoms with Crippen molar-refractivity contribution in [3.8, 4) is 0 Å². The van der Waals surface area contributed by atoms with Gasteiger partial charge < -0.3 is 9.63 Å². The van der Waals surface area contributed by atoms with Crippen molar-refractivity contribution in [1.29, 1.82) is 0 Å². The number of aliphatic carboxylic acids is 1. The highest BCUT2D eigenvalue weighted by Gasteiger charge is 2.46. The Morgan fingerprint density at radius 1 is 1.41 bits per heavy atom. The van der Waals surface area contributed by atoms with Crippen molar-refractivity contribution in [3.63, 3.8) is 0 Å². The van der Waals surface area contributed by atoms with Gasteiger partial charge in [0.15, 0.2) is 5.76 Å². The minimum atomic E-state index is -0.825. The lowest BCUT2D eigenvalue weighted by molar-refractivity contribution is -0.143. The number of aryl methyl sites for hydroxylation is 1. The van der Waals surface area contributed by atoms with Crippen molar-refractivity contribution in [1.82, 2.24) is 10.1 Å². The summed E-state index contributed by atoms with van der Waals surface area (Å²) in [4.78, 5) is 14.0. The summed E-state index contributed by atoms with van der Waals surface area (Å²) in [5.41, 5.74) is 0.980. The molecule has 1 saturated heterocycles. The lowest BCUT2D eigenvalue weighted by Gasteiger charge is -2.25. The molecule has 0 bridgehead atoms. The van der Waals surface area contributed by atoms with E-state index in [9.17, 15) is 9.90 Å². The zero-order valence-electron chi connectivity index (χ0n) is 12.7. The van der Waals surface area contributed by atoms with Gasteiger partial charge in [0.1, 0.15) is 5.41 Å². The topological polar surface area (TPSA) is 66.6 Å². The fraction of sp³-hybridized carbons (Fsp3) is 0.412. The number of nitrogens with zero attached hydrogens (tertiary/aromatic N) is 2. The van der Waals surface area contributed by atoms with Crippen LogP contribution in [0.1, 0.15) is 30.4 Å². The van der Waals surface area contributed by atoms with E-state index >= 15 is 0 Å². The highest BCUT2D eigenvalue weighted by molar-refractivity contribution is 5.82. The second kappa shape index (κ2) is 5.93. The third kappa shape index (κ3) is 2.64. The summed E-state index contributed by atoms with van der Waals surface area (Å²) in [7, 11) is 0. The van der Waals surface area contributed by atoms with E-state index in [0.29, 0.717) is 19.5 Å². The van der Waals surface area contributed by atoms with Crippen LogP contribution < -0.4 is 0 Å². The van der Waals surface area contributed by atoms with E-state index < -0.39 is 11.4 Å². The zero-order valence-corrected chi connectivity index (χ0v) is 12.7. The fourth-order valence-corrected chi connectivity index (χ4v) is 3.13. The van der Waals surface area contributed by atoms with E-state index in [4.69, 9.17) is 4.52 Å². The molecule has 0 spiro atoms. The molecule has 5 nitrogen and oxygen atoms in total. The predicted molar refractivity (Wildman–Crippen MR) is 81.5 cm³/mol. The molecule has 116 valence electrons. The van der Waals surface area contributed by atoms with Gasteiger partial charge >= 0.3 is 5.97 Å². The molecule has 1 unspecified atom stereocenters. The van der Waals surface area contributed by atoms with E-state index in [1.807, 2.05) is 43.3 Å². The summed E-state index contributed by atoms with van der Waals surface area (Å²) in [6, 6.07) is 11.5. The molecule has 22 heavy (non-hydrogen) atoms. The number of hydrogen-bond acceptors (Lipinski definition) is 4. The predicted octanol–water partition coefficient (Wildman–Crippen LogP) is 2.47. The van der Waals surface area contributed by atoms with Gasteiger partial charge in [-0.3, -0.25) is 9.69 Å². The van der Waals surface area contributed by atoms with Gasteiger partial charge in [0, 0.05) is 19.2 Å². The third-order valence-electron chi connectivity index (χ3n) is 4.43. The molecule has 2 aromatic rings. The van der Waals surface area contributed by atoms with Crippen LogP contribution in [0, 0.1) is 0 Å². The molecule has 5 heteroatoms. The summed E-state index contributed by atoms with van der Waals surface area (Å²) in [6.07, 6.45) is 1.45. The van der Waals surface area contributed by atoms with Crippen molar-refractivity contribution in [2.75, 3.05) is 13.1 Å². The van der Waals surface area contributed by atoms with Gasteiger partial charge in [0.2, 0.25) is 0 Å². The quantitative estimate of drug-likeness (QED) is 0.919. The maximum Gasteiger partial charge on any atom is 0.315 e. The monoisotopic (exact) mass is 300 g/mol. The number of hydrogen-bond donors (Lipinski definition) is 1. The minimum Gasteiger partial charge on any atom is -0.481 e. The molecule has 1 aromatic carbocycles. The van der Waals surface area contributed by atoms with Crippen LogP contribution in [-0.2, 0) is 23.2 Å². The van der Waals surface area contributed by atoms with Gasteiger partial charge in [-0.2, -0.15) is 0 Å². The average molecular weight is 300 g/mol. The first kappa shape index (κ1) is 14.8. The van der Waals surface area contributed by atoms with Gasteiger partial charge in [-0.25, -0.2) is 0 Å². The molecule has 3 rings (SSSR count). The Morgan fingerprint density at radius 2 is 2.18 bits per heavy atom. The first-order valence-corrected chi connectivity index (χ1v) is 7.60. The van der Waals surface area contributed by atoms with Gasteiger partial charge in [-0.1, -0.05) is 42.4 Å². The molecule has 1 aliphatic rings. The fourth-order valence-electron chi connectivity index (χ4n) is 3.13. The maximum absolute atomic E-state index is 11.9. The number of rotatable bonds is 5. The van der Waals surface area contributed by atoms with Gasteiger partial charge in [-0.05, 0) is 18.4 Å². The Bertz CT molecular complexity index is 653. The highest BCUT2D eigenvalue weighted by Crippen LogP contribution is 2.35. The Kier molecular flexibility index (Phi) is 3.98. The lowest BCUT2D eigenvalue weighted by Crippen LogP contribution is -2.38. The number of carbonyl (C=O) groups is 1. The van der Waals surface area contributed by atoms with Crippen LogP contribution in [0.4, 0.5) is 0 Å². The Hall–Kier alpha value is -2.14. The van der Waals surface area contributed by atoms with Crippen molar-refractivity contribution in [2.24, 2.45) is 0 Å². The molecule has 0 aliphatic carbocycles. The average Bonchev–Trinajstić information content (AvgIpc) is 3.16. The van der Waals surface area contributed by atoms with E-state index in [1.165, 1.54) is 0 Å². The van der Waals surface area contributed by atoms with Crippen molar-refractivity contribution in [2.45, 2.75) is 31.7 Å². The number of benzene rings is 1. The number of carboxylic acids is 1. The molecule has 1 fully saturated rings. The second-order valence-corrected chi connectivity index (χ2v) is 5.85. The van der Waals surface area contributed by atoms with E-state index in [0.717, 1.165) is 30.0 Å². The molecule has 1 N–H and O–H groups in total.